The lowest BCUT2D eigenvalue weighted by Gasteiger charge is -2.32. The lowest BCUT2D eigenvalue weighted by atomic mass is 9.97. The number of sulfonamides is 1. The molecule has 8 heteroatoms. The second kappa shape index (κ2) is 8.64. The summed E-state index contributed by atoms with van der Waals surface area (Å²) in [5.74, 6) is -2.25. The van der Waals surface area contributed by atoms with E-state index in [1.165, 1.54) is 16.4 Å². The quantitative estimate of drug-likeness (QED) is 0.734. The van der Waals surface area contributed by atoms with Crippen LogP contribution in [-0.4, -0.2) is 43.7 Å². The highest BCUT2D eigenvalue weighted by atomic mass is 32.2. The minimum Gasteiger partial charge on any atom is -0.548 e. The van der Waals surface area contributed by atoms with Crippen LogP contribution in [0.1, 0.15) is 33.1 Å². The van der Waals surface area contributed by atoms with Crippen LogP contribution in [0.4, 0.5) is 0 Å². The fourth-order valence-corrected chi connectivity index (χ4v) is 4.64. The zero-order valence-electron chi connectivity index (χ0n) is 15.1. The molecule has 0 saturated carbocycles. The summed E-state index contributed by atoms with van der Waals surface area (Å²) in [5, 5.41) is 13.7. The van der Waals surface area contributed by atoms with Crippen molar-refractivity contribution in [3.8, 4) is 0 Å². The maximum absolute atomic E-state index is 12.7. The summed E-state index contributed by atoms with van der Waals surface area (Å²) < 4.78 is 26.7. The number of hydrogen-bond acceptors (Lipinski definition) is 5. The van der Waals surface area contributed by atoms with Crippen molar-refractivity contribution in [3.05, 3.63) is 30.3 Å². The number of carboxylic acid groups (broad SMARTS) is 1. The van der Waals surface area contributed by atoms with Crippen LogP contribution in [-0.2, 0) is 19.6 Å². The van der Waals surface area contributed by atoms with E-state index in [1.807, 2.05) is 13.8 Å². The molecular weight excluding hydrogens is 356 g/mol. The molecule has 7 nitrogen and oxygen atoms in total. The predicted octanol–water partition coefficient (Wildman–Crippen LogP) is 0.368. The molecule has 1 heterocycles. The van der Waals surface area contributed by atoms with Gasteiger partial charge in [-0.25, -0.2) is 8.42 Å². The predicted molar refractivity (Wildman–Crippen MR) is 94.3 cm³/mol. The Morgan fingerprint density at radius 2 is 1.92 bits per heavy atom. The number of carboxylic acids is 1. The summed E-state index contributed by atoms with van der Waals surface area (Å²) in [6.07, 6.45) is 1.34. The molecule has 0 unspecified atom stereocenters. The van der Waals surface area contributed by atoms with Gasteiger partial charge in [-0.3, -0.25) is 4.79 Å². The Hall–Kier alpha value is -1.93. The first kappa shape index (κ1) is 20.4. The van der Waals surface area contributed by atoms with Crippen molar-refractivity contribution < 1.29 is 23.1 Å². The lowest BCUT2D eigenvalue weighted by Crippen LogP contribution is -2.52. The number of hydrogen-bond donors (Lipinski definition) is 1. The van der Waals surface area contributed by atoms with Gasteiger partial charge in [0.2, 0.25) is 15.9 Å². The third kappa shape index (κ3) is 5.04. The molecule has 0 bridgehead atoms. The fourth-order valence-electron chi connectivity index (χ4n) is 3.09. The molecule has 0 aliphatic carbocycles. The van der Waals surface area contributed by atoms with Gasteiger partial charge in [0.1, 0.15) is 0 Å². The average molecular weight is 381 g/mol. The van der Waals surface area contributed by atoms with E-state index in [9.17, 15) is 23.1 Å². The molecule has 0 spiro atoms. The molecule has 1 aliphatic rings. The van der Waals surface area contributed by atoms with E-state index in [0.29, 0.717) is 19.4 Å². The minimum absolute atomic E-state index is 0.0461. The molecule has 0 aromatic heterocycles. The van der Waals surface area contributed by atoms with Crippen molar-refractivity contribution in [2.45, 2.75) is 44.0 Å². The molecule has 1 aliphatic heterocycles. The Bertz CT molecular complexity index is 733. The number of piperidine rings is 1. The Kier molecular flexibility index (Phi) is 6.77. The highest BCUT2D eigenvalue weighted by Gasteiger charge is 2.34. The van der Waals surface area contributed by atoms with E-state index in [-0.39, 0.29) is 23.8 Å². The Morgan fingerprint density at radius 1 is 1.27 bits per heavy atom. The first-order chi connectivity index (χ1) is 12.2. The van der Waals surface area contributed by atoms with Crippen molar-refractivity contribution in [3.63, 3.8) is 0 Å². The van der Waals surface area contributed by atoms with Crippen LogP contribution in [0.3, 0.4) is 0 Å². The van der Waals surface area contributed by atoms with Crippen molar-refractivity contribution in [2.24, 2.45) is 11.8 Å². The van der Waals surface area contributed by atoms with Gasteiger partial charge in [-0.15, -0.1) is 0 Å². The summed E-state index contributed by atoms with van der Waals surface area (Å²) in [6, 6.07) is 7.01. The summed E-state index contributed by atoms with van der Waals surface area (Å²) in [4.78, 5) is 23.9. The van der Waals surface area contributed by atoms with Gasteiger partial charge in [0.25, 0.3) is 0 Å². The number of benzene rings is 1. The molecule has 1 aromatic carbocycles. The number of carbonyl (C=O) groups excluding carboxylic acids is 2. The molecule has 1 amide bonds. The second-order valence-electron chi connectivity index (χ2n) is 7.03. The monoisotopic (exact) mass is 381 g/mol. The number of nitrogens with one attached hydrogen (secondary N) is 1. The van der Waals surface area contributed by atoms with Crippen molar-refractivity contribution in [1.82, 2.24) is 9.62 Å². The lowest BCUT2D eigenvalue weighted by molar-refractivity contribution is -0.308. The van der Waals surface area contributed by atoms with Crippen LogP contribution in [0.15, 0.2) is 35.2 Å². The zero-order valence-corrected chi connectivity index (χ0v) is 15.9. The fraction of sp³-hybridized carbons (Fsp3) is 0.556. The van der Waals surface area contributed by atoms with Crippen molar-refractivity contribution in [2.75, 3.05) is 13.1 Å². The van der Waals surface area contributed by atoms with E-state index < -0.39 is 33.9 Å². The van der Waals surface area contributed by atoms with Gasteiger partial charge >= 0.3 is 0 Å². The van der Waals surface area contributed by atoms with Gasteiger partial charge in [-0.2, -0.15) is 4.31 Å². The van der Waals surface area contributed by atoms with Crippen LogP contribution in [0.25, 0.3) is 0 Å². The third-order valence-corrected chi connectivity index (χ3v) is 6.32. The average Bonchev–Trinajstić information content (AvgIpc) is 2.61. The molecule has 1 aromatic rings. The van der Waals surface area contributed by atoms with Gasteiger partial charge in [0.15, 0.2) is 0 Å². The number of nitrogens with zero attached hydrogens (tertiary/aromatic N) is 1. The molecule has 1 fully saturated rings. The van der Waals surface area contributed by atoms with Gasteiger partial charge < -0.3 is 15.2 Å². The standard InChI is InChI=1S/C18H26N2O5S/c1-13(2)11-16(18(22)23)19-17(21)14-7-6-10-20(12-14)26(24,25)15-8-4-3-5-9-15/h3-5,8-9,13-14,16H,6-7,10-12H2,1-2H3,(H,19,21)(H,22,23)/p-1/t14-,16-/m0/s1. The maximum atomic E-state index is 12.7. The summed E-state index contributed by atoms with van der Waals surface area (Å²) in [5.41, 5.74) is 0. The normalized spacial score (nSPS) is 19.9. The molecule has 2 rings (SSSR count). The summed E-state index contributed by atoms with van der Waals surface area (Å²) in [7, 11) is -3.67. The molecule has 26 heavy (non-hydrogen) atoms. The van der Waals surface area contributed by atoms with E-state index in [0.717, 1.165) is 0 Å². The molecule has 1 saturated heterocycles. The number of carbonyl (C=O) groups is 2. The van der Waals surface area contributed by atoms with Crippen LogP contribution >= 0.6 is 0 Å². The van der Waals surface area contributed by atoms with Crippen LogP contribution in [0.2, 0.25) is 0 Å². The first-order valence-electron chi connectivity index (χ1n) is 8.78. The summed E-state index contributed by atoms with van der Waals surface area (Å²) >= 11 is 0. The highest BCUT2D eigenvalue weighted by Crippen LogP contribution is 2.24. The first-order valence-corrected chi connectivity index (χ1v) is 10.2. The van der Waals surface area contributed by atoms with E-state index >= 15 is 0 Å². The SMILES string of the molecule is CC(C)C[C@H](NC(=O)[C@H]1CCCN(S(=O)(=O)c2ccccc2)C1)C(=O)[O-]. The van der Waals surface area contributed by atoms with Gasteiger partial charge in [0.05, 0.1) is 22.8 Å². The summed E-state index contributed by atoms with van der Waals surface area (Å²) in [6.45, 7) is 4.11. The molecule has 0 radical (unpaired) electrons. The van der Waals surface area contributed by atoms with Gasteiger partial charge in [-0.05, 0) is 37.3 Å². The largest absolute Gasteiger partial charge is 0.548 e. The second-order valence-corrected chi connectivity index (χ2v) is 8.96. The molecule has 1 N–H and O–H groups in total. The van der Waals surface area contributed by atoms with E-state index in [4.69, 9.17) is 0 Å². The van der Waals surface area contributed by atoms with Crippen molar-refractivity contribution in [1.29, 1.82) is 0 Å². The van der Waals surface area contributed by atoms with Crippen LogP contribution in [0, 0.1) is 11.8 Å². The Balaban J connectivity index is 2.07. The van der Waals surface area contributed by atoms with Crippen molar-refractivity contribution >= 4 is 21.9 Å². The van der Waals surface area contributed by atoms with Gasteiger partial charge in [0, 0.05) is 13.1 Å². The molecule has 144 valence electrons. The smallest absolute Gasteiger partial charge is 0.243 e. The molecule has 2 atom stereocenters. The Morgan fingerprint density at radius 3 is 2.50 bits per heavy atom. The number of rotatable bonds is 7. The third-order valence-electron chi connectivity index (χ3n) is 4.44. The van der Waals surface area contributed by atoms with Crippen LogP contribution in [0.5, 0.6) is 0 Å². The molecular formula is C18H25N2O5S-. The topological polar surface area (TPSA) is 107 Å². The zero-order chi connectivity index (χ0) is 19.3. The number of aliphatic carboxylic acids is 1. The maximum Gasteiger partial charge on any atom is 0.243 e. The van der Waals surface area contributed by atoms with Gasteiger partial charge in [-0.1, -0.05) is 32.0 Å². The Labute approximate surface area is 154 Å². The van der Waals surface area contributed by atoms with E-state index in [1.54, 1.807) is 18.2 Å². The minimum atomic E-state index is -3.67. The highest BCUT2D eigenvalue weighted by molar-refractivity contribution is 7.89. The van der Waals surface area contributed by atoms with E-state index in [2.05, 4.69) is 5.32 Å². The number of amides is 1. The van der Waals surface area contributed by atoms with Crippen LogP contribution < -0.4 is 10.4 Å².